The Morgan fingerprint density at radius 3 is 2.55 bits per heavy atom. The lowest BCUT2D eigenvalue weighted by Crippen LogP contribution is -2.31. The largest absolute Gasteiger partial charge is 0.463 e. The van der Waals surface area contributed by atoms with E-state index in [1.165, 1.54) is 17.3 Å². The monoisotopic (exact) mass is 441 g/mol. The van der Waals surface area contributed by atoms with Crippen LogP contribution in [0.2, 0.25) is 0 Å². The van der Waals surface area contributed by atoms with Gasteiger partial charge in [0.05, 0.1) is 23.7 Å². The van der Waals surface area contributed by atoms with Crippen LogP contribution >= 0.6 is 11.8 Å². The number of unbranched alkanes of at least 4 members (excludes halogenated alkanes) is 1. The van der Waals surface area contributed by atoms with E-state index in [0.717, 1.165) is 24.2 Å². The van der Waals surface area contributed by atoms with Crippen molar-refractivity contribution in [3.8, 4) is 0 Å². The van der Waals surface area contributed by atoms with Gasteiger partial charge in [0.1, 0.15) is 5.82 Å². The molecule has 0 spiro atoms. The van der Waals surface area contributed by atoms with Gasteiger partial charge in [0.2, 0.25) is 0 Å². The molecule has 7 heteroatoms. The molecule has 0 amide bonds. The molecule has 2 N–H and O–H groups in total. The Morgan fingerprint density at radius 2 is 1.94 bits per heavy atom. The van der Waals surface area contributed by atoms with Gasteiger partial charge in [-0.3, -0.25) is 4.79 Å². The summed E-state index contributed by atoms with van der Waals surface area (Å²) in [7, 11) is 0. The second-order valence-corrected chi connectivity index (χ2v) is 9.06. The van der Waals surface area contributed by atoms with Crippen LogP contribution in [0.4, 0.5) is 5.82 Å². The Morgan fingerprint density at radius 1 is 1.23 bits per heavy atom. The van der Waals surface area contributed by atoms with Crippen molar-refractivity contribution >= 4 is 23.5 Å². The van der Waals surface area contributed by atoms with E-state index in [2.05, 4.69) is 48.2 Å². The topological polar surface area (TPSA) is 84.1 Å². The lowest BCUT2D eigenvalue weighted by Gasteiger charge is -2.29. The number of allylic oxidation sites excluding steroid dienone is 1. The van der Waals surface area contributed by atoms with Crippen LogP contribution in [0.25, 0.3) is 0 Å². The third-order valence-electron chi connectivity index (χ3n) is 5.39. The van der Waals surface area contributed by atoms with Crippen LogP contribution in [0.5, 0.6) is 0 Å². The van der Waals surface area contributed by atoms with Gasteiger partial charge < -0.3 is 15.0 Å². The maximum absolute atomic E-state index is 13.2. The molecule has 1 aliphatic rings. The lowest BCUT2D eigenvalue weighted by molar-refractivity contribution is -0.138. The van der Waals surface area contributed by atoms with Crippen LogP contribution in [0.3, 0.4) is 0 Å². The molecule has 0 bridgehead atoms. The summed E-state index contributed by atoms with van der Waals surface area (Å²) in [4.78, 5) is 33.6. The molecule has 0 saturated heterocycles. The molecule has 6 nitrogen and oxygen atoms in total. The minimum absolute atomic E-state index is 0.233. The summed E-state index contributed by atoms with van der Waals surface area (Å²) in [6.07, 6.45) is 2.13. The Kier molecular flexibility index (Phi) is 7.59. The first-order valence-electron chi connectivity index (χ1n) is 10.9. The van der Waals surface area contributed by atoms with E-state index in [1.54, 1.807) is 6.92 Å². The van der Waals surface area contributed by atoms with Crippen molar-refractivity contribution in [1.29, 1.82) is 0 Å². The number of thioether (sulfide) groups is 1. The zero-order valence-corrected chi connectivity index (χ0v) is 19.7. The third kappa shape index (κ3) is 5.03. The number of hydrogen-bond donors (Lipinski definition) is 2. The normalized spacial score (nSPS) is 15.6. The Labute approximate surface area is 187 Å². The number of carbonyl (C=O) groups excluding carboxylic acids is 1. The quantitative estimate of drug-likeness (QED) is 0.254. The molecule has 1 unspecified atom stereocenters. The van der Waals surface area contributed by atoms with Gasteiger partial charge in [-0.15, -0.1) is 0 Å². The minimum Gasteiger partial charge on any atom is -0.463 e. The highest BCUT2D eigenvalue weighted by atomic mass is 32.2. The maximum Gasteiger partial charge on any atom is 0.336 e. The molecule has 0 fully saturated rings. The first-order valence-corrected chi connectivity index (χ1v) is 11.9. The van der Waals surface area contributed by atoms with Crippen LogP contribution in [0.1, 0.15) is 76.0 Å². The van der Waals surface area contributed by atoms with Crippen molar-refractivity contribution in [2.24, 2.45) is 0 Å². The minimum atomic E-state index is -0.539. The zero-order valence-electron chi connectivity index (χ0n) is 18.9. The number of hydrogen-bond acceptors (Lipinski definition) is 6. The molecule has 166 valence electrons. The molecule has 1 aromatic heterocycles. The smallest absolute Gasteiger partial charge is 0.336 e. The summed E-state index contributed by atoms with van der Waals surface area (Å²) in [6, 6.07) is 8.09. The van der Waals surface area contributed by atoms with Gasteiger partial charge in [-0.05, 0) is 37.3 Å². The van der Waals surface area contributed by atoms with E-state index < -0.39 is 11.9 Å². The van der Waals surface area contributed by atoms with E-state index in [0.29, 0.717) is 33.7 Å². The van der Waals surface area contributed by atoms with Gasteiger partial charge >= 0.3 is 5.97 Å². The number of fused-ring (bicyclic) bond motifs is 1. The summed E-state index contributed by atoms with van der Waals surface area (Å²) in [5, 5.41) is 3.77. The molecule has 0 radical (unpaired) electrons. The van der Waals surface area contributed by atoms with Gasteiger partial charge in [0.25, 0.3) is 5.56 Å². The summed E-state index contributed by atoms with van der Waals surface area (Å²) < 4.78 is 5.34. The lowest BCUT2D eigenvalue weighted by atomic mass is 9.81. The fourth-order valence-electron chi connectivity index (χ4n) is 3.70. The van der Waals surface area contributed by atoms with Crippen LogP contribution < -0.4 is 10.9 Å². The van der Waals surface area contributed by atoms with Gasteiger partial charge in [0.15, 0.2) is 5.16 Å². The Balaban J connectivity index is 2.12. The summed E-state index contributed by atoms with van der Waals surface area (Å²) in [5.41, 5.74) is 3.39. The number of aromatic nitrogens is 2. The van der Waals surface area contributed by atoms with E-state index in [9.17, 15) is 9.59 Å². The molecule has 0 saturated carbocycles. The summed E-state index contributed by atoms with van der Waals surface area (Å²) in [5.74, 6) is 0.829. The second kappa shape index (κ2) is 10.2. The molecule has 31 heavy (non-hydrogen) atoms. The molecule has 3 rings (SSSR count). The maximum atomic E-state index is 13.2. The second-order valence-electron chi connectivity index (χ2n) is 7.97. The fraction of sp³-hybridized carbons (Fsp3) is 0.458. The first kappa shape index (κ1) is 23.1. The number of esters is 1. The number of carbonyl (C=O) groups is 1. The number of anilines is 1. The van der Waals surface area contributed by atoms with E-state index in [1.807, 2.05) is 19.1 Å². The summed E-state index contributed by atoms with van der Waals surface area (Å²) in [6.45, 7) is 10.3. The molecule has 2 heterocycles. The number of benzene rings is 1. The van der Waals surface area contributed by atoms with E-state index in [4.69, 9.17) is 4.74 Å². The number of nitrogens with zero attached hydrogens (tertiary/aromatic N) is 1. The van der Waals surface area contributed by atoms with E-state index >= 15 is 0 Å². The average Bonchev–Trinajstić information content (AvgIpc) is 2.73. The fourth-order valence-corrected chi connectivity index (χ4v) is 4.65. The van der Waals surface area contributed by atoms with Gasteiger partial charge in [-0.25, -0.2) is 9.78 Å². The predicted octanol–water partition coefficient (Wildman–Crippen LogP) is 5.18. The first-order chi connectivity index (χ1) is 14.9. The molecular weight excluding hydrogens is 410 g/mol. The van der Waals surface area contributed by atoms with Crippen LogP contribution in [-0.4, -0.2) is 28.3 Å². The van der Waals surface area contributed by atoms with Crippen molar-refractivity contribution in [2.45, 2.75) is 64.5 Å². The summed E-state index contributed by atoms with van der Waals surface area (Å²) >= 11 is 1.54. The molecular formula is C24H31N3O3S. The van der Waals surface area contributed by atoms with Crippen molar-refractivity contribution in [1.82, 2.24) is 9.97 Å². The third-order valence-corrected chi connectivity index (χ3v) is 6.35. The van der Waals surface area contributed by atoms with Gasteiger partial charge in [-0.2, -0.15) is 0 Å². The van der Waals surface area contributed by atoms with Gasteiger partial charge in [-0.1, -0.05) is 63.2 Å². The molecule has 1 aliphatic heterocycles. The molecule has 1 atom stereocenters. The number of ether oxygens (including phenoxy) is 1. The van der Waals surface area contributed by atoms with Crippen molar-refractivity contribution in [3.05, 3.63) is 62.6 Å². The molecule has 2 aromatic rings. The number of aromatic amines is 1. The van der Waals surface area contributed by atoms with Gasteiger partial charge in [0, 0.05) is 11.4 Å². The molecule has 1 aromatic carbocycles. The van der Waals surface area contributed by atoms with Crippen LogP contribution in [0, 0.1) is 0 Å². The average molecular weight is 442 g/mol. The Bertz CT molecular complexity index is 1030. The highest BCUT2D eigenvalue weighted by Gasteiger charge is 2.36. The van der Waals surface area contributed by atoms with E-state index in [-0.39, 0.29) is 12.2 Å². The van der Waals surface area contributed by atoms with Crippen LogP contribution in [0.15, 0.2) is 45.5 Å². The zero-order chi connectivity index (χ0) is 22.5. The highest BCUT2D eigenvalue weighted by molar-refractivity contribution is 7.99. The van der Waals surface area contributed by atoms with Crippen LogP contribution in [-0.2, 0) is 9.53 Å². The standard InChI is InChI=1S/C24H31N3O3S/c1-6-8-13-31-24-26-21-20(22(28)27-24)19(17-11-9-16(10-12-17)14(3)4)18(15(5)25-21)23(29)30-7-2/h9-12,14,19H,6-8,13H2,1-5H3,(H2,25,26,27,28). The van der Waals surface area contributed by atoms with Crippen molar-refractivity contribution in [2.75, 3.05) is 17.7 Å². The van der Waals surface area contributed by atoms with Crippen molar-refractivity contribution in [3.63, 3.8) is 0 Å². The van der Waals surface area contributed by atoms with Crippen molar-refractivity contribution < 1.29 is 9.53 Å². The predicted molar refractivity (Wildman–Crippen MR) is 126 cm³/mol. The number of rotatable bonds is 8. The SMILES string of the molecule is CCCCSc1nc2c(c(=O)[nH]1)C(c1ccc(C(C)C)cc1)C(C(=O)OCC)=C(C)N2. The number of nitrogens with one attached hydrogen (secondary N) is 2. The highest BCUT2D eigenvalue weighted by Crippen LogP contribution is 2.40. The number of H-pyrrole nitrogens is 1. The Hall–Kier alpha value is -2.54. The molecule has 0 aliphatic carbocycles.